The number of amides is 1. The van der Waals surface area contributed by atoms with Gasteiger partial charge in [-0.25, -0.2) is 4.98 Å². The Morgan fingerprint density at radius 2 is 1.83 bits per heavy atom. The van der Waals surface area contributed by atoms with Crippen molar-refractivity contribution in [3.63, 3.8) is 0 Å². The molecule has 2 aromatic rings. The van der Waals surface area contributed by atoms with Crippen LogP contribution in [-0.4, -0.2) is 43.0 Å². The maximum absolute atomic E-state index is 12.6. The Labute approximate surface area is 144 Å². The predicted molar refractivity (Wildman–Crippen MR) is 98.1 cm³/mol. The van der Waals surface area contributed by atoms with Crippen molar-refractivity contribution in [2.45, 2.75) is 19.9 Å². The summed E-state index contributed by atoms with van der Waals surface area (Å²) in [7, 11) is 3.83. The van der Waals surface area contributed by atoms with Crippen LogP contribution in [0.1, 0.15) is 22.7 Å². The van der Waals surface area contributed by atoms with Crippen molar-refractivity contribution >= 4 is 11.7 Å². The van der Waals surface area contributed by atoms with Crippen molar-refractivity contribution in [1.29, 1.82) is 0 Å². The fourth-order valence-electron chi connectivity index (χ4n) is 2.57. The van der Waals surface area contributed by atoms with Gasteiger partial charge in [-0.15, -0.1) is 0 Å². The van der Waals surface area contributed by atoms with E-state index < -0.39 is 0 Å². The minimum absolute atomic E-state index is 0.00314. The topological polar surface area (TPSA) is 57.3 Å². The third-order valence-corrected chi connectivity index (χ3v) is 3.88. The van der Waals surface area contributed by atoms with Crippen LogP contribution in [0.2, 0.25) is 0 Å². The van der Waals surface area contributed by atoms with E-state index in [1.54, 1.807) is 6.20 Å². The second kappa shape index (κ2) is 8.45. The highest BCUT2D eigenvalue weighted by atomic mass is 16.2. The van der Waals surface area contributed by atoms with E-state index in [1.807, 2.05) is 69.2 Å². The summed E-state index contributed by atoms with van der Waals surface area (Å²) in [6.07, 6.45) is 1.76. The largest absolute Gasteiger partial charge is 0.368 e. The minimum atomic E-state index is -0.290. The molecule has 5 nitrogen and oxygen atoms in total. The normalized spacial score (nSPS) is 12.0. The van der Waals surface area contributed by atoms with Crippen molar-refractivity contribution in [2.75, 3.05) is 32.5 Å². The van der Waals surface area contributed by atoms with Gasteiger partial charge in [0.1, 0.15) is 11.9 Å². The number of aryl methyl sites for hydroxylation is 2. The number of nitrogens with zero attached hydrogens (tertiary/aromatic N) is 2. The first-order valence-corrected chi connectivity index (χ1v) is 8.15. The monoisotopic (exact) mass is 326 g/mol. The van der Waals surface area contributed by atoms with Gasteiger partial charge in [-0.1, -0.05) is 35.9 Å². The first kappa shape index (κ1) is 17.9. The molecule has 0 saturated heterocycles. The molecule has 128 valence electrons. The molecule has 1 unspecified atom stereocenters. The maximum atomic E-state index is 12.6. The average Bonchev–Trinajstić information content (AvgIpc) is 2.55. The number of pyridine rings is 1. The van der Waals surface area contributed by atoms with Crippen LogP contribution in [0.5, 0.6) is 0 Å². The zero-order valence-electron chi connectivity index (χ0n) is 14.8. The SMILES string of the molecule is Cc1ccc(C(C(=O)NCCNc2ncccc2C)N(C)C)cc1. The van der Waals surface area contributed by atoms with Gasteiger partial charge in [0.25, 0.3) is 0 Å². The molecule has 0 saturated carbocycles. The van der Waals surface area contributed by atoms with Crippen molar-refractivity contribution in [2.24, 2.45) is 0 Å². The first-order chi connectivity index (χ1) is 11.5. The molecule has 0 fully saturated rings. The molecule has 1 aromatic carbocycles. The van der Waals surface area contributed by atoms with E-state index in [-0.39, 0.29) is 11.9 Å². The molecule has 1 atom stereocenters. The molecule has 1 amide bonds. The Balaban J connectivity index is 1.89. The second-order valence-corrected chi connectivity index (χ2v) is 6.16. The molecule has 0 bridgehead atoms. The number of hydrogen-bond acceptors (Lipinski definition) is 4. The molecule has 5 heteroatoms. The maximum Gasteiger partial charge on any atom is 0.242 e. The van der Waals surface area contributed by atoms with Gasteiger partial charge in [0.2, 0.25) is 5.91 Å². The van der Waals surface area contributed by atoms with Gasteiger partial charge in [-0.2, -0.15) is 0 Å². The molecule has 2 N–H and O–H groups in total. The fraction of sp³-hybridized carbons (Fsp3) is 0.368. The number of carbonyl (C=O) groups is 1. The van der Waals surface area contributed by atoms with Gasteiger partial charge in [0, 0.05) is 19.3 Å². The molecule has 1 aromatic heterocycles. The lowest BCUT2D eigenvalue weighted by molar-refractivity contribution is -0.125. The molecule has 24 heavy (non-hydrogen) atoms. The number of likely N-dealkylation sites (N-methyl/N-ethyl adjacent to an activating group) is 1. The lowest BCUT2D eigenvalue weighted by atomic mass is 10.0. The third-order valence-electron chi connectivity index (χ3n) is 3.88. The van der Waals surface area contributed by atoms with Crippen LogP contribution in [0.3, 0.4) is 0 Å². The van der Waals surface area contributed by atoms with Crippen molar-refractivity contribution in [1.82, 2.24) is 15.2 Å². The second-order valence-electron chi connectivity index (χ2n) is 6.16. The molecule has 2 rings (SSSR count). The van der Waals surface area contributed by atoms with Crippen LogP contribution in [0.4, 0.5) is 5.82 Å². The van der Waals surface area contributed by atoms with E-state index in [0.717, 1.165) is 16.9 Å². The number of anilines is 1. The molecular weight excluding hydrogens is 300 g/mol. The number of benzene rings is 1. The van der Waals surface area contributed by atoms with Crippen molar-refractivity contribution in [3.05, 3.63) is 59.3 Å². The summed E-state index contributed by atoms with van der Waals surface area (Å²) < 4.78 is 0. The zero-order chi connectivity index (χ0) is 17.5. The highest BCUT2D eigenvalue weighted by Crippen LogP contribution is 2.18. The Hall–Kier alpha value is -2.40. The third kappa shape index (κ3) is 4.80. The molecular formula is C19H26N4O. The van der Waals surface area contributed by atoms with E-state index in [1.165, 1.54) is 5.56 Å². The Morgan fingerprint density at radius 1 is 1.12 bits per heavy atom. The lowest BCUT2D eigenvalue weighted by Crippen LogP contribution is -2.39. The molecule has 0 spiro atoms. The summed E-state index contributed by atoms with van der Waals surface area (Å²) in [6.45, 7) is 5.23. The molecule has 0 aliphatic rings. The smallest absolute Gasteiger partial charge is 0.242 e. The predicted octanol–water partition coefficient (Wildman–Crippen LogP) is 2.53. The molecule has 0 radical (unpaired) electrons. The van der Waals surface area contributed by atoms with Crippen LogP contribution in [0, 0.1) is 13.8 Å². The highest BCUT2D eigenvalue weighted by Gasteiger charge is 2.22. The Bertz CT molecular complexity index is 667. The minimum Gasteiger partial charge on any atom is -0.368 e. The number of aromatic nitrogens is 1. The van der Waals surface area contributed by atoms with E-state index in [4.69, 9.17) is 0 Å². The quantitative estimate of drug-likeness (QED) is 0.768. The average molecular weight is 326 g/mol. The lowest BCUT2D eigenvalue weighted by Gasteiger charge is -2.24. The van der Waals surface area contributed by atoms with E-state index >= 15 is 0 Å². The number of nitrogens with one attached hydrogen (secondary N) is 2. The zero-order valence-corrected chi connectivity index (χ0v) is 14.8. The van der Waals surface area contributed by atoms with Gasteiger partial charge >= 0.3 is 0 Å². The number of carbonyl (C=O) groups excluding carboxylic acids is 1. The Kier molecular flexibility index (Phi) is 6.32. The van der Waals surface area contributed by atoms with E-state index in [0.29, 0.717) is 13.1 Å². The molecule has 1 heterocycles. The first-order valence-electron chi connectivity index (χ1n) is 8.15. The van der Waals surface area contributed by atoms with E-state index in [9.17, 15) is 4.79 Å². The molecule has 0 aliphatic heterocycles. The standard InChI is InChI=1S/C19H26N4O/c1-14-7-9-16(10-8-14)17(23(3)4)19(24)22-13-12-21-18-15(2)6-5-11-20-18/h5-11,17H,12-13H2,1-4H3,(H,20,21)(H,22,24). The summed E-state index contributed by atoms with van der Waals surface area (Å²) in [4.78, 5) is 18.8. The van der Waals surface area contributed by atoms with Crippen molar-refractivity contribution < 1.29 is 4.79 Å². The van der Waals surface area contributed by atoms with Crippen LogP contribution in [-0.2, 0) is 4.79 Å². The van der Waals surface area contributed by atoms with Gasteiger partial charge in [0.05, 0.1) is 0 Å². The summed E-state index contributed by atoms with van der Waals surface area (Å²) in [5, 5.41) is 6.24. The van der Waals surface area contributed by atoms with Gasteiger partial charge < -0.3 is 10.6 Å². The fourth-order valence-corrected chi connectivity index (χ4v) is 2.57. The van der Waals surface area contributed by atoms with Crippen molar-refractivity contribution in [3.8, 4) is 0 Å². The summed E-state index contributed by atoms with van der Waals surface area (Å²) in [5.41, 5.74) is 3.28. The van der Waals surface area contributed by atoms with Crippen LogP contribution < -0.4 is 10.6 Å². The number of rotatable bonds is 7. The summed E-state index contributed by atoms with van der Waals surface area (Å²) in [6, 6.07) is 11.7. The summed E-state index contributed by atoms with van der Waals surface area (Å²) >= 11 is 0. The van der Waals surface area contributed by atoms with Crippen LogP contribution in [0.15, 0.2) is 42.6 Å². The number of hydrogen-bond donors (Lipinski definition) is 2. The highest BCUT2D eigenvalue weighted by molar-refractivity contribution is 5.83. The van der Waals surface area contributed by atoms with E-state index in [2.05, 4.69) is 15.6 Å². The molecule has 0 aliphatic carbocycles. The summed E-state index contributed by atoms with van der Waals surface area (Å²) in [5.74, 6) is 0.859. The van der Waals surface area contributed by atoms with Gasteiger partial charge in [0.15, 0.2) is 0 Å². The van der Waals surface area contributed by atoms with Crippen LogP contribution >= 0.6 is 0 Å². The van der Waals surface area contributed by atoms with Crippen LogP contribution in [0.25, 0.3) is 0 Å². The Morgan fingerprint density at radius 3 is 2.46 bits per heavy atom. The van der Waals surface area contributed by atoms with Gasteiger partial charge in [-0.3, -0.25) is 9.69 Å². The van der Waals surface area contributed by atoms with Gasteiger partial charge in [-0.05, 0) is 45.1 Å².